The summed E-state index contributed by atoms with van der Waals surface area (Å²) in [5.74, 6) is 3.97. The van der Waals surface area contributed by atoms with Crippen molar-refractivity contribution in [2.45, 2.75) is 229 Å². The molecule has 0 spiro atoms. The third-order valence-corrected chi connectivity index (χ3v) is 23.8. The molecule has 592 valence electrons. The van der Waals surface area contributed by atoms with E-state index < -0.39 is 11.8 Å². The molecule has 5 aliphatic rings. The highest BCUT2D eigenvalue weighted by Crippen LogP contribution is 2.60. The van der Waals surface area contributed by atoms with Gasteiger partial charge in [0.05, 0.1) is 44.1 Å². The zero-order chi connectivity index (χ0) is 78.5. The first-order chi connectivity index (χ1) is 57.3. The molecule has 4 unspecified atom stereocenters. The van der Waals surface area contributed by atoms with Gasteiger partial charge in [0.25, 0.3) is 47.0 Å². The molecular formula is C100H104N8O8. The average molecular weight is 1550 g/mol. The normalized spacial score (nSPS) is 15.7. The summed E-state index contributed by atoms with van der Waals surface area (Å²) in [6, 6.07) is 49.5. The molecule has 0 fully saturated rings. The number of benzene rings is 8. The fraction of sp³-hybridized carbons (Fsp3) is 0.360. The van der Waals surface area contributed by atoms with Gasteiger partial charge in [-0.15, -0.1) is 26.3 Å². The Bertz CT molecular complexity index is 5570. The van der Waals surface area contributed by atoms with Gasteiger partial charge < -0.3 is 37.9 Å². The number of fused-ring (bicyclic) bond motifs is 10. The summed E-state index contributed by atoms with van der Waals surface area (Å²) in [4.78, 5) is 42.9. The molecule has 8 heterocycles. The van der Waals surface area contributed by atoms with Crippen LogP contribution in [0.5, 0.6) is 93.0 Å². The van der Waals surface area contributed by atoms with Crippen LogP contribution in [0.25, 0.3) is 44.1 Å². The van der Waals surface area contributed by atoms with E-state index in [4.69, 9.17) is 77.8 Å². The lowest BCUT2D eigenvalue weighted by Gasteiger charge is -2.31. The smallest absolute Gasteiger partial charge is 0.284 e. The summed E-state index contributed by atoms with van der Waals surface area (Å²) in [7, 11) is 0. The van der Waals surface area contributed by atoms with Gasteiger partial charge in [-0.05, 0) is 155 Å². The van der Waals surface area contributed by atoms with Gasteiger partial charge in [-0.1, -0.05) is 207 Å². The summed E-state index contributed by atoms with van der Waals surface area (Å²) in [6.07, 6.45) is 40.5. The zero-order valence-corrected chi connectivity index (χ0v) is 66.8. The largest absolute Gasteiger partial charge is 0.434 e. The van der Waals surface area contributed by atoms with E-state index >= 15 is 0 Å². The van der Waals surface area contributed by atoms with E-state index in [1.807, 2.05) is 121 Å². The fourth-order valence-corrected chi connectivity index (χ4v) is 17.8. The SMILES string of the molecule is C=CCCCCCCCCC1c2cc3c4c(c2)C(CCCCCCCCC=C)c2cc5c(cc2Oc2nc6ccccc6nc2O4)Oc2nc4ccccc4nc2Oc2cc4c(cc2C5CCCCCCCCC=C)C(CCCCCCCCC=C)c2cc1c(cc2Oc1nc2ccccc2nc1O4)Oc1nc2ccccc2nc1O3. The predicted molar refractivity (Wildman–Crippen MR) is 460 cm³/mol. The van der Waals surface area contributed by atoms with E-state index in [1.165, 1.54) is 0 Å². The summed E-state index contributed by atoms with van der Waals surface area (Å²) in [5.41, 5.74) is 12.6. The lowest BCUT2D eigenvalue weighted by molar-refractivity contribution is 0.355. The van der Waals surface area contributed by atoms with Crippen LogP contribution in [0.15, 0.2) is 196 Å². The van der Waals surface area contributed by atoms with Crippen molar-refractivity contribution >= 4 is 44.1 Å². The van der Waals surface area contributed by atoms with Crippen LogP contribution in [0.4, 0.5) is 0 Å². The van der Waals surface area contributed by atoms with Crippen LogP contribution in [-0.2, 0) is 0 Å². The molecule has 0 saturated carbocycles. The quantitative estimate of drug-likeness (QED) is 0.0267. The molecule has 0 N–H and O–H groups in total. The van der Waals surface area contributed by atoms with Crippen LogP contribution in [0.2, 0.25) is 0 Å². The van der Waals surface area contributed by atoms with Crippen molar-refractivity contribution in [1.29, 1.82) is 0 Å². The molecule has 0 radical (unpaired) electrons. The summed E-state index contributed by atoms with van der Waals surface area (Å²) < 4.78 is 61.0. The number of ether oxygens (including phenoxy) is 8. The Morgan fingerprint density at radius 1 is 0.216 bits per heavy atom. The van der Waals surface area contributed by atoms with Gasteiger partial charge in [0.2, 0.25) is 0 Å². The third kappa shape index (κ3) is 17.1. The number of nitrogens with zero attached hydrogens (tertiary/aromatic N) is 8. The van der Waals surface area contributed by atoms with Gasteiger partial charge in [-0.25, -0.2) is 39.9 Å². The summed E-state index contributed by atoms with van der Waals surface area (Å²) in [6.45, 7) is 16.2. The number of hydrogen-bond acceptors (Lipinski definition) is 16. The van der Waals surface area contributed by atoms with Crippen molar-refractivity contribution in [3.8, 4) is 93.0 Å². The summed E-state index contributed by atoms with van der Waals surface area (Å²) in [5, 5.41) is 0. The van der Waals surface area contributed by atoms with Crippen LogP contribution in [-0.4, -0.2) is 39.9 Å². The molecule has 0 amide bonds. The molecule has 8 aromatic carbocycles. The Labute approximate surface area is 680 Å². The minimum atomic E-state index is -0.426. The zero-order valence-electron chi connectivity index (χ0n) is 66.8. The molecule has 9 bridgehead atoms. The lowest BCUT2D eigenvalue weighted by atomic mass is 9.76. The first-order valence-electron chi connectivity index (χ1n) is 43.0. The second-order valence-electron chi connectivity index (χ2n) is 32.0. The molecule has 4 aliphatic heterocycles. The Kier molecular flexibility index (Phi) is 24.3. The van der Waals surface area contributed by atoms with Gasteiger partial charge in [0.1, 0.15) is 34.5 Å². The second-order valence-corrected chi connectivity index (χ2v) is 32.0. The highest BCUT2D eigenvalue weighted by Gasteiger charge is 2.40. The maximum Gasteiger partial charge on any atom is 0.284 e. The van der Waals surface area contributed by atoms with Gasteiger partial charge >= 0.3 is 0 Å². The standard InChI is InChI=1S/C100H104N8O8/c1-5-9-13-17-21-25-29-33-45-66-65-57-76-69(48-36-32-28-24-20-16-12-8-4)75-61-74-68(47-35-31-27-23-19-15-11-7-3)73-60-72-67(46-34-30-26-22-18-14-10-6-2)71-59-70(66)85-62-86(71)110-93-94(102-78-50-38-37-49-77(78)101-93)111-87(72)63-88(73)112-95-96(104-80-52-40-39-51-79(80)103-95)113-89(74)64-90(75)114-99-100(108-84-56-44-43-55-83(84)107-99)116-92(76)91(58-65)115-98-97(109-85)105-81-53-41-42-54-82(81)106-98/h5-8,37-44,49-64,66-69H,1-4,9-36,45-48H2. The molecule has 1 aliphatic carbocycles. The minimum Gasteiger partial charge on any atom is -0.434 e. The van der Waals surface area contributed by atoms with E-state index in [0.29, 0.717) is 103 Å². The molecule has 4 atom stereocenters. The first-order valence-corrected chi connectivity index (χ1v) is 43.0. The second kappa shape index (κ2) is 36.5. The molecule has 116 heavy (non-hydrogen) atoms. The minimum absolute atomic E-state index is 0.143. The Balaban J connectivity index is 0.992. The monoisotopic (exact) mass is 1540 g/mol. The lowest BCUT2D eigenvalue weighted by Crippen LogP contribution is -2.14. The molecular weight excluding hydrogens is 1440 g/mol. The highest BCUT2D eigenvalue weighted by atomic mass is 16.6. The van der Waals surface area contributed by atoms with Crippen molar-refractivity contribution in [3.63, 3.8) is 0 Å². The van der Waals surface area contributed by atoms with Crippen LogP contribution < -0.4 is 37.9 Å². The molecule has 0 saturated heterocycles. The van der Waals surface area contributed by atoms with E-state index in [2.05, 4.69) is 74.8 Å². The van der Waals surface area contributed by atoms with Crippen LogP contribution in [0.1, 0.15) is 274 Å². The van der Waals surface area contributed by atoms with Crippen LogP contribution in [0.3, 0.4) is 0 Å². The van der Waals surface area contributed by atoms with Crippen molar-refractivity contribution in [2.24, 2.45) is 0 Å². The van der Waals surface area contributed by atoms with Crippen LogP contribution in [0, 0.1) is 0 Å². The van der Waals surface area contributed by atoms with E-state index in [0.717, 1.165) is 237 Å². The molecule has 4 aromatic heterocycles. The van der Waals surface area contributed by atoms with E-state index in [1.54, 1.807) is 0 Å². The molecule has 12 aromatic rings. The van der Waals surface area contributed by atoms with Gasteiger partial charge in [0, 0.05) is 80.8 Å². The van der Waals surface area contributed by atoms with Gasteiger partial charge in [-0.2, -0.15) is 0 Å². The van der Waals surface area contributed by atoms with Crippen molar-refractivity contribution in [1.82, 2.24) is 39.9 Å². The highest BCUT2D eigenvalue weighted by molar-refractivity contribution is 5.80. The number of para-hydroxylation sites is 8. The maximum atomic E-state index is 7.69. The number of unbranched alkanes of at least 4 members (excludes halogenated alkanes) is 24. The Morgan fingerprint density at radius 3 is 0.698 bits per heavy atom. The predicted octanol–water partition coefficient (Wildman–Crippen LogP) is 29.1. The molecule has 16 nitrogen and oxygen atoms in total. The number of hydrogen-bond donors (Lipinski definition) is 0. The number of aromatic nitrogens is 8. The summed E-state index contributed by atoms with van der Waals surface area (Å²) >= 11 is 0. The fourth-order valence-electron chi connectivity index (χ4n) is 17.8. The van der Waals surface area contributed by atoms with E-state index in [9.17, 15) is 0 Å². The Morgan fingerprint density at radius 2 is 0.431 bits per heavy atom. The molecule has 17 rings (SSSR count). The Hall–Kier alpha value is -11.5. The van der Waals surface area contributed by atoms with E-state index in [-0.39, 0.29) is 58.9 Å². The van der Waals surface area contributed by atoms with Crippen molar-refractivity contribution < 1.29 is 37.9 Å². The number of allylic oxidation sites excluding steroid dienone is 4. The third-order valence-electron chi connectivity index (χ3n) is 23.8. The van der Waals surface area contributed by atoms with Gasteiger partial charge in [0.15, 0.2) is 11.5 Å². The van der Waals surface area contributed by atoms with Crippen molar-refractivity contribution in [3.05, 3.63) is 241 Å². The van der Waals surface area contributed by atoms with Crippen molar-refractivity contribution in [2.75, 3.05) is 0 Å². The van der Waals surface area contributed by atoms with Crippen LogP contribution >= 0.6 is 0 Å². The average Bonchev–Trinajstić information content (AvgIpc) is 1.41. The molecule has 16 heteroatoms. The number of rotatable bonds is 36. The first kappa shape index (κ1) is 77.1. The van der Waals surface area contributed by atoms with Gasteiger partial charge in [-0.3, -0.25) is 0 Å². The topological polar surface area (TPSA) is 177 Å². The maximum absolute atomic E-state index is 7.69.